The summed E-state index contributed by atoms with van der Waals surface area (Å²) in [5.74, 6) is 0. The molecule has 27 heavy (non-hydrogen) atoms. The van der Waals surface area contributed by atoms with E-state index in [4.69, 9.17) is 4.74 Å². The van der Waals surface area contributed by atoms with Gasteiger partial charge in [0.2, 0.25) is 0 Å². The zero-order valence-corrected chi connectivity index (χ0v) is 16.4. The molecule has 0 aliphatic rings. The van der Waals surface area contributed by atoms with Gasteiger partial charge in [-0.15, -0.1) is 0 Å². The summed E-state index contributed by atoms with van der Waals surface area (Å²) in [4.78, 5) is 0. The Morgan fingerprint density at radius 2 is 1.70 bits per heavy atom. The maximum atomic E-state index is 13.2. The van der Waals surface area contributed by atoms with Crippen molar-refractivity contribution < 1.29 is 23.0 Å². The summed E-state index contributed by atoms with van der Waals surface area (Å²) >= 11 is 0. The summed E-state index contributed by atoms with van der Waals surface area (Å²) in [6.07, 6.45) is -5.80. The molecule has 2 rings (SSSR count). The van der Waals surface area contributed by atoms with Crippen LogP contribution in [0.5, 0.6) is 0 Å². The summed E-state index contributed by atoms with van der Waals surface area (Å²) in [7, 11) is 0. The number of rotatable bonds is 6. The molecule has 5 heteroatoms. The van der Waals surface area contributed by atoms with E-state index in [0.29, 0.717) is 6.42 Å². The third-order valence-corrected chi connectivity index (χ3v) is 5.41. The second-order valence-electron chi connectivity index (χ2n) is 7.48. The zero-order valence-electron chi connectivity index (χ0n) is 16.4. The average molecular weight is 380 g/mol. The van der Waals surface area contributed by atoms with Crippen LogP contribution in [0, 0.1) is 0 Å². The molecule has 2 aromatic carbocycles. The Bertz CT molecular complexity index is 834. The van der Waals surface area contributed by atoms with Gasteiger partial charge in [0, 0.05) is 0 Å². The van der Waals surface area contributed by atoms with Gasteiger partial charge in [0.25, 0.3) is 0 Å². The van der Waals surface area contributed by atoms with Crippen LogP contribution in [0.2, 0.25) is 0 Å². The van der Waals surface area contributed by atoms with Crippen molar-refractivity contribution in [1.82, 2.24) is 0 Å². The van der Waals surface area contributed by atoms with Crippen LogP contribution in [0.4, 0.5) is 13.2 Å². The van der Waals surface area contributed by atoms with E-state index < -0.39 is 23.5 Å². The van der Waals surface area contributed by atoms with E-state index in [9.17, 15) is 18.3 Å². The van der Waals surface area contributed by atoms with Crippen molar-refractivity contribution in [3.63, 3.8) is 0 Å². The SMILES string of the molecule is C=C(C)c1cccc2cccc(C(C)(CC)OC(C)C(C)(O)C(F)(F)F)c12. The van der Waals surface area contributed by atoms with Crippen LogP contribution < -0.4 is 0 Å². The van der Waals surface area contributed by atoms with Gasteiger partial charge in [-0.1, -0.05) is 55.5 Å². The number of halogens is 3. The van der Waals surface area contributed by atoms with Gasteiger partial charge in [0.05, 0.1) is 11.7 Å². The van der Waals surface area contributed by atoms with Gasteiger partial charge in [-0.2, -0.15) is 13.2 Å². The van der Waals surface area contributed by atoms with E-state index in [2.05, 4.69) is 6.58 Å². The Labute approximate surface area is 158 Å². The highest BCUT2D eigenvalue weighted by Gasteiger charge is 2.55. The third-order valence-electron chi connectivity index (χ3n) is 5.41. The van der Waals surface area contributed by atoms with Gasteiger partial charge in [-0.3, -0.25) is 0 Å². The molecule has 0 amide bonds. The molecule has 0 aliphatic carbocycles. The normalized spacial score (nSPS) is 18.0. The monoisotopic (exact) mass is 380 g/mol. The van der Waals surface area contributed by atoms with Crippen molar-refractivity contribution in [3.05, 3.63) is 54.1 Å². The van der Waals surface area contributed by atoms with Crippen molar-refractivity contribution in [2.75, 3.05) is 0 Å². The summed E-state index contributed by atoms with van der Waals surface area (Å²) in [5, 5.41) is 11.9. The molecule has 0 bridgehead atoms. The van der Waals surface area contributed by atoms with Crippen LogP contribution in [-0.4, -0.2) is 23.0 Å². The lowest BCUT2D eigenvalue weighted by Crippen LogP contribution is -2.53. The Morgan fingerprint density at radius 3 is 2.19 bits per heavy atom. The molecule has 2 nitrogen and oxygen atoms in total. The number of alkyl halides is 3. The maximum Gasteiger partial charge on any atom is 0.419 e. The topological polar surface area (TPSA) is 29.5 Å². The van der Waals surface area contributed by atoms with Gasteiger partial charge in [-0.25, -0.2) is 0 Å². The molecule has 0 saturated heterocycles. The van der Waals surface area contributed by atoms with Crippen molar-refractivity contribution in [1.29, 1.82) is 0 Å². The van der Waals surface area contributed by atoms with Crippen molar-refractivity contribution in [3.8, 4) is 0 Å². The fraction of sp³-hybridized carbons (Fsp3) is 0.455. The van der Waals surface area contributed by atoms with E-state index in [1.54, 1.807) is 6.92 Å². The molecule has 0 saturated carbocycles. The highest BCUT2D eigenvalue weighted by molar-refractivity contribution is 5.96. The number of hydrogen-bond acceptors (Lipinski definition) is 2. The Balaban J connectivity index is 2.62. The highest BCUT2D eigenvalue weighted by Crippen LogP contribution is 2.42. The lowest BCUT2D eigenvalue weighted by atomic mass is 9.85. The fourth-order valence-electron chi connectivity index (χ4n) is 3.21. The minimum atomic E-state index is -4.79. The molecule has 148 valence electrons. The average Bonchev–Trinajstić information content (AvgIpc) is 2.59. The Morgan fingerprint density at radius 1 is 1.15 bits per heavy atom. The van der Waals surface area contributed by atoms with Crippen LogP contribution in [0.25, 0.3) is 16.3 Å². The molecule has 0 aliphatic heterocycles. The number of allylic oxidation sites excluding steroid dienone is 1. The molecule has 2 aromatic rings. The van der Waals surface area contributed by atoms with E-state index in [0.717, 1.165) is 34.4 Å². The molecular formula is C22H27F3O2. The third kappa shape index (κ3) is 3.90. The molecular weight excluding hydrogens is 353 g/mol. The van der Waals surface area contributed by atoms with E-state index in [1.165, 1.54) is 6.92 Å². The second-order valence-corrected chi connectivity index (χ2v) is 7.48. The summed E-state index contributed by atoms with van der Waals surface area (Å²) in [5.41, 5.74) is -1.39. The van der Waals surface area contributed by atoms with Crippen LogP contribution in [0.1, 0.15) is 52.2 Å². The van der Waals surface area contributed by atoms with E-state index in [1.807, 2.05) is 50.2 Å². The van der Waals surface area contributed by atoms with Gasteiger partial charge < -0.3 is 9.84 Å². The van der Waals surface area contributed by atoms with Crippen molar-refractivity contribution in [2.24, 2.45) is 0 Å². The molecule has 0 fully saturated rings. The minimum absolute atomic E-state index is 0.439. The van der Waals surface area contributed by atoms with Crippen LogP contribution >= 0.6 is 0 Å². The standard InChI is InChI=1S/C22H27F3O2/c1-7-20(5,27-15(4)21(6,26)22(23,24)25)18-13-9-11-16-10-8-12-17(14(2)3)19(16)18/h8-13,15,26H,2,7H2,1,3-6H3. The second kappa shape index (κ2) is 7.28. The van der Waals surface area contributed by atoms with Crippen LogP contribution in [0.15, 0.2) is 43.0 Å². The summed E-state index contributed by atoms with van der Waals surface area (Å²) < 4.78 is 45.6. The highest BCUT2D eigenvalue weighted by atomic mass is 19.4. The molecule has 0 spiro atoms. The predicted molar refractivity (Wildman–Crippen MR) is 104 cm³/mol. The number of aliphatic hydroxyl groups is 1. The zero-order chi connectivity index (χ0) is 20.6. The van der Waals surface area contributed by atoms with Crippen molar-refractivity contribution >= 4 is 16.3 Å². The van der Waals surface area contributed by atoms with Crippen LogP contribution in [0.3, 0.4) is 0 Å². The first-order valence-electron chi connectivity index (χ1n) is 9.00. The maximum absolute atomic E-state index is 13.2. The smallest absolute Gasteiger partial charge is 0.379 e. The van der Waals surface area contributed by atoms with E-state index in [-0.39, 0.29) is 0 Å². The first-order chi connectivity index (χ1) is 12.3. The molecule has 0 radical (unpaired) electrons. The first-order valence-corrected chi connectivity index (χ1v) is 9.00. The number of fused-ring (bicyclic) bond motifs is 1. The molecule has 0 heterocycles. The number of benzene rings is 2. The van der Waals surface area contributed by atoms with Gasteiger partial charge in [0.1, 0.15) is 0 Å². The van der Waals surface area contributed by atoms with Gasteiger partial charge >= 0.3 is 6.18 Å². The largest absolute Gasteiger partial charge is 0.419 e. The fourth-order valence-corrected chi connectivity index (χ4v) is 3.21. The molecule has 1 N–H and O–H groups in total. The van der Waals surface area contributed by atoms with Gasteiger partial charge in [0.15, 0.2) is 5.60 Å². The number of ether oxygens (including phenoxy) is 1. The Hall–Kier alpha value is -1.85. The lowest BCUT2D eigenvalue weighted by molar-refractivity contribution is -0.299. The minimum Gasteiger partial charge on any atom is -0.379 e. The lowest BCUT2D eigenvalue weighted by Gasteiger charge is -2.40. The van der Waals surface area contributed by atoms with Crippen molar-refractivity contribution in [2.45, 2.75) is 64.5 Å². The van der Waals surface area contributed by atoms with Crippen LogP contribution in [-0.2, 0) is 10.3 Å². The number of hydrogen-bond donors (Lipinski definition) is 1. The van der Waals surface area contributed by atoms with Gasteiger partial charge in [-0.05, 0) is 56.0 Å². The molecule has 3 unspecified atom stereocenters. The quantitative estimate of drug-likeness (QED) is 0.645. The summed E-state index contributed by atoms with van der Waals surface area (Å²) in [6, 6.07) is 11.5. The summed E-state index contributed by atoms with van der Waals surface area (Å²) in [6.45, 7) is 11.5. The van der Waals surface area contributed by atoms with E-state index >= 15 is 0 Å². The Kier molecular flexibility index (Phi) is 5.79. The molecule has 3 atom stereocenters. The predicted octanol–water partition coefficient (Wildman–Crippen LogP) is 6.22. The first kappa shape index (κ1) is 21.5. The molecule has 0 aromatic heterocycles.